The Kier molecular flexibility index (Phi) is 4.49. The Morgan fingerprint density at radius 2 is 1.83 bits per heavy atom. The highest BCUT2D eigenvalue weighted by molar-refractivity contribution is 7.90. The first-order valence-corrected chi connectivity index (χ1v) is 11.7. The minimum Gasteiger partial charge on any atom is -0.477 e. The largest absolute Gasteiger partial charge is 0.477 e. The second-order valence-corrected chi connectivity index (χ2v) is 9.53. The number of benzene rings is 1. The Hall–Kier alpha value is -2.55. The first-order valence-electron chi connectivity index (χ1n) is 10.2. The highest BCUT2D eigenvalue weighted by Crippen LogP contribution is 2.38. The number of aromatic nitrogens is 2. The fourth-order valence-electron chi connectivity index (χ4n) is 4.72. The van der Waals surface area contributed by atoms with Crippen molar-refractivity contribution >= 4 is 21.7 Å². The minimum atomic E-state index is -4.09. The van der Waals surface area contributed by atoms with Gasteiger partial charge in [-0.3, -0.25) is 0 Å². The number of nitrogens with zero attached hydrogens (tertiary/aromatic N) is 2. The summed E-state index contributed by atoms with van der Waals surface area (Å²) in [6.45, 7) is 1.03. The summed E-state index contributed by atoms with van der Waals surface area (Å²) in [5.41, 5.74) is 5.96. The Morgan fingerprint density at radius 3 is 2.72 bits per heavy atom. The van der Waals surface area contributed by atoms with Crippen LogP contribution in [0.25, 0.3) is 0 Å². The van der Waals surface area contributed by atoms with Crippen molar-refractivity contribution in [2.45, 2.75) is 62.8 Å². The molecule has 0 atom stereocenters. The number of ether oxygens (including phenoxy) is 1. The topological polar surface area (TPSA) is 102 Å². The third kappa shape index (κ3) is 3.27. The number of carbonyl (C=O) groups is 1. The number of fused-ring (bicyclic) bond motifs is 4. The normalized spacial score (nSPS) is 17.7. The maximum atomic E-state index is 12.8. The average molecular weight is 417 g/mol. The molecule has 0 spiro atoms. The molecular weight excluding hydrogens is 392 g/mol. The smallest absolute Gasteiger partial charge is 0.333 e. The average Bonchev–Trinajstić information content (AvgIpc) is 3.38. The van der Waals surface area contributed by atoms with E-state index in [1.165, 1.54) is 27.6 Å². The maximum Gasteiger partial charge on any atom is 0.333 e. The zero-order valence-electron chi connectivity index (χ0n) is 16.2. The van der Waals surface area contributed by atoms with Crippen LogP contribution in [0, 0.1) is 0 Å². The first kappa shape index (κ1) is 18.5. The molecule has 154 valence electrons. The fourth-order valence-corrected chi connectivity index (χ4v) is 5.71. The predicted molar refractivity (Wildman–Crippen MR) is 107 cm³/mol. The Balaban J connectivity index is 1.38. The Bertz CT molecular complexity index is 1090. The summed E-state index contributed by atoms with van der Waals surface area (Å²) in [7, 11) is -4.09. The van der Waals surface area contributed by atoms with Gasteiger partial charge in [-0.05, 0) is 79.7 Å². The molecule has 0 fully saturated rings. The molecule has 2 aliphatic carbocycles. The van der Waals surface area contributed by atoms with Gasteiger partial charge in [0.25, 0.3) is 10.0 Å². The van der Waals surface area contributed by atoms with Crippen LogP contribution in [0.5, 0.6) is 5.88 Å². The third-order valence-electron chi connectivity index (χ3n) is 6.01. The maximum absolute atomic E-state index is 12.8. The van der Waals surface area contributed by atoms with Crippen LogP contribution < -0.4 is 14.8 Å². The zero-order valence-corrected chi connectivity index (χ0v) is 17.0. The summed E-state index contributed by atoms with van der Waals surface area (Å²) >= 11 is 0. The molecule has 2 N–H and O–H groups in total. The molecule has 9 heteroatoms. The van der Waals surface area contributed by atoms with Crippen molar-refractivity contribution in [2.24, 2.45) is 0 Å². The molecule has 3 aliphatic rings. The Labute approximate surface area is 169 Å². The van der Waals surface area contributed by atoms with Crippen molar-refractivity contribution in [1.82, 2.24) is 14.5 Å². The van der Waals surface area contributed by atoms with Crippen LogP contribution in [0.1, 0.15) is 47.9 Å². The SMILES string of the molecule is O=C(Nc1cc2c(c3c1CCC3)CCC2)NS(=O)(=O)c1cnn2c1OCCCC2. The van der Waals surface area contributed by atoms with E-state index in [0.717, 1.165) is 62.6 Å². The summed E-state index contributed by atoms with van der Waals surface area (Å²) in [5.74, 6) is 0.196. The summed E-state index contributed by atoms with van der Waals surface area (Å²) < 4.78 is 34.8. The third-order valence-corrected chi connectivity index (χ3v) is 7.33. The standard InChI is InChI=1S/C20H24N4O4S/c25-20(22-17-11-13-5-3-6-14(13)15-7-4-8-16(15)17)23-29(26,27)18-12-21-24-9-1-2-10-28-19(18)24/h11-12H,1-10H2,(H2,22,23,25). The first-order chi connectivity index (χ1) is 14.0. The van der Waals surface area contributed by atoms with Crippen LogP contribution >= 0.6 is 0 Å². The predicted octanol–water partition coefficient (Wildman–Crippen LogP) is 2.54. The quantitative estimate of drug-likeness (QED) is 0.801. The van der Waals surface area contributed by atoms with Crippen LogP contribution in [0.2, 0.25) is 0 Å². The second-order valence-electron chi connectivity index (χ2n) is 7.88. The molecule has 8 nitrogen and oxygen atoms in total. The summed E-state index contributed by atoms with van der Waals surface area (Å²) in [5, 5.41) is 6.89. The van der Waals surface area contributed by atoms with Gasteiger partial charge in [0.2, 0.25) is 5.88 Å². The number of anilines is 1. The number of aryl methyl sites for hydroxylation is 2. The van der Waals surface area contributed by atoms with Crippen LogP contribution in [-0.2, 0) is 42.3 Å². The molecule has 1 aromatic heterocycles. The van der Waals surface area contributed by atoms with Gasteiger partial charge in [0.05, 0.1) is 12.8 Å². The molecule has 0 saturated carbocycles. The molecule has 0 radical (unpaired) electrons. The van der Waals surface area contributed by atoms with Crippen molar-refractivity contribution in [1.29, 1.82) is 0 Å². The molecule has 2 heterocycles. The lowest BCUT2D eigenvalue weighted by atomic mass is 9.98. The van der Waals surface area contributed by atoms with Crippen LogP contribution in [0.3, 0.4) is 0 Å². The van der Waals surface area contributed by atoms with Crippen molar-refractivity contribution in [3.8, 4) is 5.88 Å². The number of hydrogen-bond donors (Lipinski definition) is 2. The van der Waals surface area contributed by atoms with E-state index in [1.54, 1.807) is 0 Å². The lowest BCUT2D eigenvalue weighted by molar-refractivity contribution is 0.256. The number of urea groups is 1. The van der Waals surface area contributed by atoms with Gasteiger partial charge < -0.3 is 10.1 Å². The molecule has 2 amide bonds. The summed E-state index contributed by atoms with van der Waals surface area (Å²) in [6, 6.07) is 1.26. The van der Waals surface area contributed by atoms with E-state index in [9.17, 15) is 13.2 Å². The van der Waals surface area contributed by atoms with Crippen molar-refractivity contribution in [3.05, 3.63) is 34.5 Å². The van der Waals surface area contributed by atoms with Crippen LogP contribution in [0.15, 0.2) is 17.2 Å². The molecule has 0 unspecified atom stereocenters. The Morgan fingerprint density at radius 1 is 1.03 bits per heavy atom. The van der Waals surface area contributed by atoms with E-state index < -0.39 is 16.1 Å². The van der Waals surface area contributed by atoms with E-state index in [-0.39, 0.29) is 10.8 Å². The van der Waals surface area contributed by atoms with E-state index in [0.29, 0.717) is 13.2 Å². The highest BCUT2D eigenvalue weighted by Gasteiger charge is 2.29. The van der Waals surface area contributed by atoms with Gasteiger partial charge in [-0.1, -0.05) is 0 Å². The van der Waals surface area contributed by atoms with Gasteiger partial charge in [-0.2, -0.15) is 5.10 Å². The molecule has 29 heavy (non-hydrogen) atoms. The van der Waals surface area contributed by atoms with Gasteiger partial charge in [0.1, 0.15) is 0 Å². The fraction of sp³-hybridized carbons (Fsp3) is 0.500. The van der Waals surface area contributed by atoms with Gasteiger partial charge >= 0.3 is 6.03 Å². The van der Waals surface area contributed by atoms with Crippen molar-refractivity contribution in [2.75, 3.05) is 11.9 Å². The number of rotatable bonds is 3. The molecule has 1 aliphatic heterocycles. The summed E-state index contributed by atoms with van der Waals surface area (Å²) in [4.78, 5) is 12.5. The van der Waals surface area contributed by atoms with Gasteiger partial charge in [0, 0.05) is 12.2 Å². The molecule has 5 rings (SSSR count). The van der Waals surface area contributed by atoms with E-state index in [1.807, 2.05) is 6.07 Å². The lowest BCUT2D eigenvalue weighted by Crippen LogP contribution is -2.34. The highest BCUT2D eigenvalue weighted by atomic mass is 32.2. The van der Waals surface area contributed by atoms with Gasteiger partial charge in [-0.25, -0.2) is 22.6 Å². The number of amides is 2. The van der Waals surface area contributed by atoms with E-state index in [4.69, 9.17) is 4.74 Å². The van der Waals surface area contributed by atoms with Crippen LogP contribution in [-0.4, -0.2) is 30.8 Å². The van der Waals surface area contributed by atoms with Crippen molar-refractivity contribution < 1.29 is 17.9 Å². The minimum absolute atomic E-state index is 0.103. The number of carbonyl (C=O) groups excluding carboxylic acids is 1. The van der Waals surface area contributed by atoms with E-state index >= 15 is 0 Å². The van der Waals surface area contributed by atoms with Crippen molar-refractivity contribution in [3.63, 3.8) is 0 Å². The summed E-state index contributed by atoms with van der Waals surface area (Å²) in [6.07, 6.45) is 9.21. The number of hydrogen-bond acceptors (Lipinski definition) is 5. The monoisotopic (exact) mass is 416 g/mol. The zero-order chi connectivity index (χ0) is 20.0. The molecule has 0 bridgehead atoms. The molecule has 1 aromatic carbocycles. The molecular formula is C20H24N4O4S. The second kappa shape index (κ2) is 7.05. The molecule has 0 saturated heterocycles. The molecule has 2 aromatic rings. The lowest BCUT2D eigenvalue weighted by Gasteiger charge is -2.15. The number of sulfonamides is 1. The van der Waals surface area contributed by atoms with Gasteiger partial charge in [-0.15, -0.1) is 0 Å². The van der Waals surface area contributed by atoms with Gasteiger partial charge in [0.15, 0.2) is 4.90 Å². The van der Waals surface area contributed by atoms with E-state index in [2.05, 4.69) is 15.1 Å². The number of nitrogens with one attached hydrogen (secondary N) is 2. The van der Waals surface area contributed by atoms with Crippen LogP contribution in [0.4, 0.5) is 10.5 Å².